The summed E-state index contributed by atoms with van der Waals surface area (Å²) in [6.45, 7) is 7.49. The van der Waals surface area contributed by atoms with Gasteiger partial charge in [0.1, 0.15) is 5.75 Å². The minimum Gasteiger partial charge on any atom is -0.508 e. The van der Waals surface area contributed by atoms with Crippen LogP contribution in [-0.4, -0.2) is 31.5 Å². The van der Waals surface area contributed by atoms with E-state index in [0.29, 0.717) is 19.0 Å². The van der Waals surface area contributed by atoms with Crippen molar-refractivity contribution in [1.82, 2.24) is 0 Å². The van der Waals surface area contributed by atoms with Gasteiger partial charge in [-0.2, -0.15) is 0 Å². The minimum atomic E-state index is 0.108. The van der Waals surface area contributed by atoms with E-state index in [-0.39, 0.29) is 6.10 Å². The highest BCUT2D eigenvalue weighted by Gasteiger charge is 2.22. The summed E-state index contributed by atoms with van der Waals surface area (Å²) in [5.74, 6) is 0.305. The second-order valence-corrected chi connectivity index (χ2v) is 6.20. The number of phenolic OH excluding ortho intramolecular Hbond substituents is 1. The standard InChI is InChI=1S/C21H28O3/c1-4-6-17(13-18-7-5-8-19(22)14-18)9-10-21-20(11-12-24-21)16(2)15-23-3/h5,7-8,11,13-14,21-22H,2,4,6,9-10,12,15H2,1,3H3/b17-13+. The van der Waals surface area contributed by atoms with Crippen LogP contribution in [0, 0.1) is 0 Å². The van der Waals surface area contributed by atoms with E-state index in [4.69, 9.17) is 9.47 Å². The van der Waals surface area contributed by atoms with Crippen LogP contribution in [0.5, 0.6) is 5.75 Å². The fraction of sp³-hybridized carbons (Fsp3) is 0.429. The Morgan fingerprint density at radius 3 is 2.96 bits per heavy atom. The van der Waals surface area contributed by atoms with Crippen molar-refractivity contribution in [3.05, 3.63) is 59.2 Å². The maximum Gasteiger partial charge on any atom is 0.116 e. The fourth-order valence-corrected chi connectivity index (χ4v) is 3.10. The van der Waals surface area contributed by atoms with Crippen LogP contribution in [-0.2, 0) is 9.47 Å². The Hall–Kier alpha value is -1.84. The number of hydrogen-bond acceptors (Lipinski definition) is 3. The summed E-state index contributed by atoms with van der Waals surface area (Å²) in [7, 11) is 1.69. The summed E-state index contributed by atoms with van der Waals surface area (Å²) in [5, 5.41) is 9.63. The van der Waals surface area contributed by atoms with Crippen molar-refractivity contribution in [2.75, 3.05) is 20.3 Å². The highest BCUT2D eigenvalue weighted by atomic mass is 16.5. The molecule has 1 aliphatic heterocycles. The molecule has 130 valence electrons. The molecule has 0 radical (unpaired) electrons. The Labute approximate surface area is 145 Å². The third kappa shape index (κ3) is 5.36. The molecule has 24 heavy (non-hydrogen) atoms. The molecule has 2 rings (SSSR count). The largest absolute Gasteiger partial charge is 0.508 e. The molecule has 3 nitrogen and oxygen atoms in total. The maximum absolute atomic E-state index is 9.63. The Balaban J connectivity index is 2.01. The second-order valence-electron chi connectivity index (χ2n) is 6.20. The highest BCUT2D eigenvalue weighted by Crippen LogP contribution is 2.28. The number of aromatic hydroxyl groups is 1. The van der Waals surface area contributed by atoms with Crippen molar-refractivity contribution in [3.63, 3.8) is 0 Å². The molecular formula is C21H28O3. The zero-order valence-corrected chi connectivity index (χ0v) is 14.8. The van der Waals surface area contributed by atoms with Crippen LogP contribution in [0.2, 0.25) is 0 Å². The van der Waals surface area contributed by atoms with Gasteiger partial charge in [0.05, 0.1) is 19.3 Å². The monoisotopic (exact) mass is 328 g/mol. The molecule has 3 heteroatoms. The summed E-state index contributed by atoms with van der Waals surface area (Å²) in [4.78, 5) is 0. The minimum absolute atomic E-state index is 0.108. The van der Waals surface area contributed by atoms with E-state index >= 15 is 0 Å². The first-order valence-electron chi connectivity index (χ1n) is 8.61. The van der Waals surface area contributed by atoms with Gasteiger partial charge in [-0.1, -0.05) is 49.8 Å². The number of ether oxygens (including phenoxy) is 2. The van der Waals surface area contributed by atoms with Crippen molar-refractivity contribution in [1.29, 1.82) is 0 Å². The Morgan fingerprint density at radius 1 is 1.42 bits per heavy atom. The molecule has 1 aromatic carbocycles. The maximum atomic E-state index is 9.63. The van der Waals surface area contributed by atoms with Gasteiger partial charge in [0.15, 0.2) is 0 Å². The molecular weight excluding hydrogens is 300 g/mol. The van der Waals surface area contributed by atoms with Crippen LogP contribution in [0.1, 0.15) is 38.2 Å². The lowest BCUT2D eigenvalue weighted by Gasteiger charge is -2.17. The first kappa shape index (κ1) is 18.5. The van der Waals surface area contributed by atoms with Crippen molar-refractivity contribution in [2.24, 2.45) is 0 Å². The molecule has 0 aliphatic carbocycles. The Morgan fingerprint density at radius 2 is 2.25 bits per heavy atom. The van der Waals surface area contributed by atoms with Crippen LogP contribution in [0.4, 0.5) is 0 Å². The predicted molar refractivity (Wildman–Crippen MR) is 99.1 cm³/mol. The number of methoxy groups -OCH3 is 1. The normalized spacial score (nSPS) is 17.8. The molecule has 1 aliphatic rings. The van der Waals surface area contributed by atoms with Gasteiger partial charge < -0.3 is 14.6 Å². The molecule has 0 saturated heterocycles. The number of rotatable bonds is 9. The first-order chi connectivity index (χ1) is 11.6. The SMILES string of the molecule is C=C(COC)C1=CCOC1CC/C(=C/c1cccc(O)c1)CCC. The highest BCUT2D eigenvalue weighted by molar-refractivity contribution is 5.54. The first-order valence-corrected chi connectivity index (χ1v) is 8.61. The number of phenols is 1. The molecule has 0 saturated carbocycles. The number of allylic oxidation sites excluding steroid dienone is 1. The molecule has 0 spiro atoms. The van der Waals surface area contributed by atoms with E-state index in [2.05, 4.69) is 25.7 Å². The summed E-state index contributed by atoms with van der Waals surface area (Å²) >= 11 is 0. The lowest BCUT2D eigenvalue weighted by atomic mass is 9.95. The zero-order chi connectivity index (χ0) is 17.4. The third-order valence-electron chi connectivity index (χ3n) is 4.21. The van der Waals surface area contributed by atoms with Gasteiger partial charge in [0.2, 0.25) is 0 Å². The molecule has 1 unspecified atom stereocenters. The molecule has 1 heterocycles. The van der Waals surface area contributed by atoms with Gasteiger partial charge in [0, 0.05) is 7.11 Å². The topological polar surface area (TPSA) is 38.7 Å². The molecule has 1 N–H and O–H groups in total. The lowest BCUT2D eigenvalue weighted by Crippen LogP contribution is -2.13. The summed E-state index contributed by atoms with van der Waals surface area (Å²) in [5.41, 5.74) is 4.62. The molecule has 0 amide bonds. The average molecular weight is 328 g/mol. The summed E-state index contributed by atoms with van der Waals surface area (Å²) in [6.07, 6.45) is 8.49. The van der Waals surface area contributed by atoms with Gasteiger partial charge in [0.25, 0.3) is 0 Å². The zero-order valence-electron chi connectivity index (χ0n) is 14.8. The van der Waals surface area contributed by atoms with E-state index in [1.165, 1.54) is 11.1 Å². The summed E-state index contributed by atoms with van der Waals surface area (Å²) in [6, 6.07) is 7.39. The van der Waals surface area contributed by atoms with Gasteiger partial charge in [-0.15, -0.1) is 0 Å². The van der Waals surface area contributed by atoms with Crippen LogP contribution in [0.25, 0.3) is 6.08 Å². The smallest absolute Gasteiger partial charge is 0.116 e. The van der Waals surface area contributed by atoms with Crippen LogP contribution in [0.15, 0.2) is 53.6 Å². The van der Waals surface area contributed by atoms with E-state index < -0.39 is 0 Å². The van der Waals surface area contributed by atoms with Crippen molar-refractivity contribution >= 4 is 6.08 Å². The quantitative estimate of drug-likeness (QED) is 0.702. The Kier molecular flexibility index (Phi) is 7.29. The van der Waals surface area contributed by atoms with Crippen molar-refractivity contribution < 1.29 is 14.6 Å². The third-order valence-corrected chi connectivity index (χ3v) is 4.21. The van der Waals surface area contributed by atoms with Crippen molar-refractivity contribution in [3.8, 4) is 5.75 Å². The molecule has 0 bridgehead atoms. The molecule has 1 aromatic rings. The van der Waals surface area contributed by atoms with Gasteiger partial charge in [-0.3, -0.25) is 0 Å². The van der Waals surface area contributed by atoms with E-state index in [1.807, 2.05) is 12.1 Å². The van der Waals surface area contributed by atoms with E-state index in [1.54, 1.807) is 19.2 Å². The molecule has 1 atom stereocenters. The van der Waals surface area contributed by atoms with Gasteiger partial charge >= 0.3 is 0 Å². The Bertz CT molecular complexity index is 613. The van der Waals surface area contributed by atoms with Gasteiger partial charge in [-0.25, -0.2) is 0 Å². The number of hydrogen-bond donors (Lipinski definition) is 1. The van der Waals surface area contributed by atoms with Gasteiger partial charge in [-0.05, 0) is 48.1 Å². The van der Waals surface area contributed by atoms with Crippen LogP contribution in [0.3, 0.4) is 0 Å². The lowest BCUT2D eigenvalue weighted by molar-refractivity contribution is 0.115. The molecule has 0 aromatic heterocycles. The average Bonchev–Trinajstić information content (AvgIpc) is 3.02. The molecule has 0 fully saturated rings. The predicted octanol–water partition coefficient (Wildman–Crippen LogP) is 4.88. The second kappa shape index (κ2) is 9.45. The van der Waals surface area contributed by atoms with Crippen LogP contribution >= 0.6 is 0 Å². The van der Waals surface area contributed by atoms with E-state index in [0.717, 1.165) is 36.8 Å². The van der Waals surface area contributed by atoms with Crippen molar-refractivity contribution in [2.45, 2.75) is 38.7 Å². The van der Waals surface area contributed by atoms with E-state index in [9.17, 15) is 5.11 Å². The van der Waals surface area contributed by atoms with Crippen LogP contribution < -0.4 is 0 Å². The fourth-order valence-electron chi connectivity index (χ4n) is 3.10. The summed E-state index contributed by atoms with van der Waals surface area (Å²) < 4.78 is 11.0. The number of benzene rings is 1.